The molecule has 3 aromatic rings. The normalized spacial score (nSPS) is 12.4. The van der Waals surface area contributed by atoms with E-state index in [4.69, 9.17) is 5.73 Å². The van der Waals surface area contributed by atoms with Crippen molar-refractivity contribution in [3.8, 4) is 17.3 Å². The minimum Gasteiger partial charge on any atom is -0.404 e. The highest BCUT2D eigenvalue weighted by Crippen LogP contribution is 2.29. The predicted octanol–water partition coefficient (Wildman–Crippen LogP) is 4.72. The van der Waals surface area contributed by atoms with Gasteiger partial charge >= 0.3 is 0 Å². The molecule has 0 radical (unpaired) electrons. The second kappa shape index (κ2) is 8.19. The summed E-state index contributed by atoms with van der Waals surface area (Å²) in [6.45, 7) is 6.97. The number of fused-ring (bicyclic) bond motifs is 1. The molecule has 2 aromatic heterocycles. The molecule has 0 fully saturated rings. The summed E-state index contributed by atoms with van der Waals surface area (Å²) in [5, 5.41) is 9.98. The van der Waals surface area contributed by atoms with Gasteiger partial charge in [-0.05, 0) is 29.7 Å². The van der Waals surface area contributed by atoms with Gasteiger partial charge in [0.05, 0.1) is 17.4 Å². The van der Waals surface area contributed by atoms with Crippen LogP contribution >= 0.6 is 0 Å². The molecule has 0 aliphatic carbocycles. The minimum atomic E-state index is -0.390. The summed E-state index contributed by atoms with van der Waals surface area (Å²) in [4.78, 5) is 13.1. The largest absolute Gasteiger partial charge is 0.404 e. The average Bonchev–Trinajstić information content (AvgIpc) is 2.69. The first-order chi connectivity index (χ1) is 13.8. The molecule has 0 unspecified atom stereocenters. The van der Waals surface area contributed by atoms with Crippen molar-refractivity contribution in [1.29, 1.82) is 5.26 Å². The quantitative estimate of drug-likeness (QED) is 0.656. The number of rotatable bonds is 4. The van der Waals surface area contributed by atoms with Crippen LogP contribution in [0.25, 0.3) is 27.7 Å². The van der Waals surface area contributed by atoms with Crippen LogP contribution < -0.4 is 5.73 Å². The molecule has 29 heavy (non-hydrogen) atoms. The van der Waals surface area contributed by atoms with Crippen LogP contribution in [-0.4, -0.2) is 22.7 Å². The molecule has 2 N–H and O–H groups in total. The van der Waals surface area contributed by atoms with E-state index in [0.29, 0.717) is 34.4 Å². The standard InChI is InChI=1S/C23H22FN5/c1-23(2,3)14-27-12-17(10-25)20-7-6-19(11-26)29-22(20)16-5-4-15-8-18(24)13-28-21(15)9-16/h4-10,12-13H,14,25H2,1-3H3/b17-10+,27-12?. The fourth-order valence-corrected chi connectivity index (χ4v) is 2.84. The molecular formula is C23H22FN5. The number of aliphatic imine (C=N–C) groups is 1. The van der Waals surface area contributed by atoms with Gasteiger partial charge in [0.25, 0.3) is 0 Å². The van der Waals surface area contributed by atoms with Gasteiger partial charge in [0.1, 0.15) is 17.6 Å². The van der Waals surface area contributed by atoms with Gasteiger partial charge in [-0.15, -0.1) is 0 Å². The Bertz CT molecular complexity index is 1150. The molecule has 0 saturated carbocycles. The van der Waals surface area contributed by atoms with Gasteiger partial charge in [-0.3, -0.25) is 9.98 Å². The third kappa shape index (κ3) is 4.82. The fourth-order valence-electron chi connectivity index (χ4n) is 2.84. The highest BCUT2D eigenvalue weighted by molar-refractivity contribution is 6.12. The van der Waals surface area contributed by atoms with Crippen LogP contribution in [-0.2, 0) is 0 Å². The van der Waals surface area contributed by atoms with E-state index in [9.17, 15) is 9.65 Å². The number of nitriles is 1. The summed E-state index contributed by atoms with van der Waals surface area (Å²) in [5.74, 6) is -0.390. The number of pyridine rings is 2. The summed E-state index contributed by atoms with van der Waals surface area (Å²) >= 11 is 0. The minimum absolute atomic E-state index is 0.0568. The second-order valence-corrected chi connectivity index (χ2v) is 7.92. The first kappa shape index (κ1) is 20.2. The van der Waals surface area contributed by atoms with Crippen molar-refractivity contribution < 1.29 is 4.39 Å². The molecule has 0 bridgehead atoms. The zero-order valence-corrected chi connectivity index (χ0v) is 16.6. The van der Waals surface area contributed by atoms with Crippen molar-refractivity contribution in [3.05, 3.63) is 65.9 Å². The summed E-state index contributed by atoms with van der Waals surface area (Å²) in [6, 6.07) is 12.4. The molecule has 2 heterocycles. The van der Waals surface area contributed by atoms with E-state index < -0.39 is 0 Å². The zero-order valence-electron chi connectivity index (χ0n) is 16.6. The van der Waals surface area contributed by atoms with Crippen molar-refractivity contribution in [2.24, 2.45) is 16.1 Å². The lowest BCUT2D eigenvalue weighted by Gasteiger charge is -2.14. The van der Waals surface area contributed by atoms with Crippen LogP contribution in [0.1, 0.15) is 32.0 Å². The molecule has 0 spiro atoms. The van der Waals surface area contributed by atoms with Crippen LogP contribution in [0.2, 0.25) is 0 Å². The molecule has 0 amide bonds. The van der Waals surface area contributed by atoms with E-state index in [0.717, 1.165) is 11.1 Å². The molecule has 0 aliphatic rings. The van der Waals surface area contributed by atoms with E-state index in [-0.39, 0.29) is 11.2 Å². The van der Waals surface area contributed by atoms with Crippen LogP contribution in [0.15, 0.2) is 53.8 Å². The van der Waals surface area contributed by atoms with Gasteiger partial charge in [0, 0.05) is 41.0 Å². The maximum Gasteiger partial charge on any atom is 0.142 e. The zero-order chi connectivity index (χ0) is 21.0. The topological polar surface area (TPSA) is 88.0 Å². The molecule has 5 nitrogen and oxygen atoms in total. The Kier molecular flexibility index (Phi) is 5.69. The molecule has 0 atom stereocenters. The van der Waals surface area contributed by atoms with Gasteiger partial charge < -0.3 is 5.73 Å². The summed E-state index contributed by atoms with van der Waals surface area (Å²) in [5.41, 5.74) is 9.67. The maximum absolute atomic E-state index is 13.4. The Morgan fingerprint density at radius 2 is 2.03 bits per heavy atom. The molecule has 146 valence electrons. The second-order valence-electron chi connectivity index (χ2n) is 7.92. The highest BCUT2D eigenvalue weighted by atomic mass is 19.1. The number of nitrogens with zero attached hydrogens (tertiary/aromatic N) is 4. The van der Waals surface area contributed by atoms with Gasteiger partial charge in [-0.2, -0.15) is 5.26 Å². The first-order valence-corrected chi connectivity index (χ1v) is 9.20. The van der Waals surface area contributed by atoms with E-state index in [1.807, 2.05) is 18.2 Å². The smallest absolute Gasteiger partial charge is 0.142 e. The Labute approximate surface area is 169 Å². The van der Waals surface area contributed by atoms with Gasteiger partial charge in [0.15, 0.2) is 0 Å². The Hall–Kier alpha value is -3.59. The Balaban J connectivity index is 2.11. The first-order valence-electron chi connectivity index (χ1n) is 9.20. The average molecular weight is 387 g/mol. The van der Waals surface area contributed by atoms with Crippen LogP contribution in [0.4, 0.5) is 4.39 Å². The molecule has 3 rings (SSSR count). The fraction of sp³-hybridized carbons (Fsp3) is 0.217. The molecule has 0 saturated heterocycles. The number of allylic oxidation sites excluding steroid dienone is 1. The third-order valence-corrected chi connectivity index (χ3v) is 4.22. The molecule has 6 heteroatoms. The number of benzene rings is 1. The predicted molar refractivity (Wildman–Crippen MR) is 115 cm³/mol. The van der Waals surface area contributed by atoms with Crippen molar-refractivity contribution >= 4 is 22.7 Å². The van der Waals surface area contributed by atoms with Crippen LogP contribution in [0.5, 0.6) is 0 Å². The maximum atomic E-state index is 13.4. The highest BCUT2D eigenvalue weighted by Gasteiger charge is 2.14. The van der Waals surface area contributed by atoms with Crippen molar-refractivity contribution in [2.45, 2.75) is 20.8 Å². The lowest BCUT2D eigenvalue weighted by atomic mass is 9.97. The van der Waals surface area contributed by atoms with Crippen molar-refractivity contribution in [3.63, 3.8) is 0 Å². The van der Waals surface area contributed by atoms with E-state index >= 15 is 0 Å². The van der Waals surface area contributed by atoms with Crippen LogP contribution in [0.3, 0.4) is 0 Å². The van der Waals surface area contributed by atoms with Gasteiger partial charge in [-0.1, -0.05) is 32.9 Å². The summed E-state index contributed by atoms with van der Waals surface area (Å²) in [6.07, 6.45) is 4.39. The Morgan fingerprint density at radius 1 is 1.24 bits per heavy atom. The lowest BCUT2D eigenvalue weighted by molar-refractivity contribution is 0.430. The number of hydrogen-bond donors (Lipinski definition) is 1. The number of nitrogens with two attached hydrogens (primary N) is 1. The third-order valence-electron chi connectivity index (χ3n) is 4.22. The van der Waals surface area contributed by atoms with Crippen LogP contribution in [0, 0.1) is 22.6 Å². The van der Waals surface area contributed by atoms with E-state index in [1.165, 1.54) is 18.5 Å². The molecular weight excluding hydrogens is 365 g/mol. The Morgan fingerprint density at radius 3 is 2.72 bits per heavy atom. The van der Waals surface area contributed by atoms with Crippen molar-refractivity contribution in [1.82, 2.24) is 9.97 Å². The number of hydrogen-bond acceptors (Lipinski definition) is 5. The summed E-state index contributed by atoms with van der Waals surface area (Å²) in [7, 11) is 0. The monoisotopic (exact) mass is 387 g/mol. The number of aromatic nitrogens is 2. The summed E-state index contributed by atoms with van der Waals surface area (Å²) < 4.78 is 13.4. The SMILES string of the molecule is CC(C)(C)CN=C/C(=C\N)c1ccc(C#N)nc1-c1ccc2cc(F)cnc2c1. The molecule has 0 aliphatic heterocycles. The van der Waals surface area contributed by atoms with Gasteiger partial charge in [0.2, 0.25) is 0 Å². The molecule has 1 aromatic carbocycles. The van der Waals surface area contributed by atoms with E-state index in [2.05, 4.69) is 41.8 Å². The number of halogens is 1. The van der Waals surface area contributed by atoms with Crippen molar-refractivity contribution in [2.75, 3.05) is 6.54 Å². The van der Waals surface area contributed by atoms with Gasteiger partial charge in [-0.25, -0.2) is 9.37 Å². The van der Waals surface area contributed by atoms with E-state index in [1.54, 1.807) is 18.3 Å². The lowest BCUT2D eigenvalue weighted by Crippen LogP contribution is -2.09.